The Hall–Kier alpha value is -2.03. The summed E-state index contributed by atoms with van der Waals surface area (Å²) in [6.45, 7) is 3.53. The third kappa shape index (κ3) is 6.46. The van der Waals surface area contributed by atoms with Gasteiger partial charge >= 0.3 is 5.97 Å². The maximum Gasteiger partial charge on any atom is 0.308 e. The average molecular weight is 260 g/mol. The number of ether oxygens (including phenoxy) is 2. The highest BCUT2D eigenvalue weighted by Gasteiger charge is 2.04. The number of allylic oxidation sites excluding steroid dienone is 3. The van der Waals surface area contributed by atoms with Crippen molar-refractivity contribution in [2.45, 2.75) is 33.1 Å². The van der Waals surface area contributed by atoms with Crippen LogP contribution in [-0.4, -0.2) is 5.97 Å². The summed E-state index contributed by atoms with van der Waals surface area (Å²) in [5.74, 6) is 0.588. The predicted molar refractivity (Wildman–Crippen MR) is 76.2 cm³/mol. The van der Waals surface area contributed by atoms with E-state index in [-0.39, 0.29) is 5.97 Å². The minimum absolute atomic E-state index is 0.362. The third-order valence-corrected chi connectivity index (χ3v) is 2.35. The standard InChI is InChI=1S/C16H20O3/c1-3-4-5-6-7-10-13-18-15-11-8-9-12-16(15)19-14(2)17/h6-13H,3-5H2,1-2H3. The van der Waals surface area contributed by atoms with E-state index in [1.165, 1.54) is 19.8 Å². The van der Waals surface area contributed by atoms with Crippen LogP contribution < -0.4 is 9.47 Å². The van der Waals surface area contributed by atoms with Crippen LogP contribution in [-0.2, 0) is 4.79 Å². The molecule has 0 unspecified atom stereocenters. The van der Waals surface area contributed by atoms with Gasteiger partial charge in [0.1, 0.15) is 0 Å². The molecule has 0 heterocycles. The quantitative estimate of drug-likeness (QED) is 0.242. The molecular formula is C16H20O3. The number of benzene rings is 1. The number of esters is 1. The summed E-state index contributed by atoms with van der Waals surface area (Å²) in [4.78, 5) is 10.9. The molecule has 0 N–H and O–H groups in total. The van der Waals surface area contributed by atoms with E-state index in [0.29, 0.717) is 11.5 Å². The molecule has 0 atom stereocenters. The van der Waals surface area contributed by atoms with Crippen LogP contribution in [0.2, 0.25) is 0 Å². The Morgan fingerprint density at radius 1 is 1.21 bits per heavy atom. The highest BCUT2D eigenvalue weighted by molar-refractivity contribution is 5.70. The molecule has 1 aromatic carbocycles. The Morgan fingerprint density at radius 3 is 2.63 bits per heavy atom. The molecule has 102 valence electrons. The summed E-state index contributed by atoms with van der Waals surface area (Å²) >= 11 is 0. The van der Waals surface area contributed by atoms with Gasteiger partial charge in [-0.2, -0.15) is 0 Å². The first-order chi connectivity index (χ1) is 9.24. The summed E-state index contributed by atoms with van der Waals surface area (Å²) in [7, 11) is 0. The lowest BCUT2D eigenvalue weighted by Crippen LogP contribution is -2.02. The van der Waals surface area contributed by atoms with E-state index >= 15 is 0 Å². The van der Waals surface area contributed by atoms with Gasteiger partial charge in [0.2, 0.25) is 0 Å². The van der Waals surface area contributed by atoms with Crippen LogP contribution in [0.5, 0.6) is 11.5 Å². The SMILES string of the molecule is CCCCC=CC=COc1ccccc1OC(C)=O. The van der Waals surface area contributed by atoms with Gasteiger partial charge in [-0.15, -0.1) is 0 Å². The number of hydrogen-bond acceptors (Lipinski definition) is 3. The highest BCUT2D eigenvalue weighted by atomic mass is 16.6. The Bertz CT molecular complexity index is 447. The van der Waals surface area contributed by atoms with Gasteiger partial charge in [-0.3, -0.25) is 4.79 Å². The van der Waals surface area contributed by atoms with Crippen LogP contribution in [0.3, 0.4) is 0 Å². The van der Waals surface area contributed by atoms with Crippen molar-refractivity contribution in [3.8, 4) is 11.5 Å². The molecule has 0 saturated carbocycles. The molecule has 3 heteroatoms. The molecule has 0 aliphatic rings. The first-order valence-corrected chi connectivity index (χ1v) is 6.49. The fraction of sp³-hybridized carbons (Fsp3) is 0.312. The molecule has 0 saturated heterocycles. The Balaban J connectivity index is 2.50. The number of hydrogen-bond donors (Lipinski definition) is 0. The Morgan fingerprint density at radius 2 is 1.95 bits per heavy atom. The number of para-hydroxylation sites is 2. The van der Waals surface area contributed by atoms with Gasteiger partial charge in [-0.05, 0) is 24.6 Å². The van der Waals surface area contributed by atoms with Crippen LogP contribution in [0.25, 0.3) is 0 Å². The largest absolute Gasteiger partial charge is 0.461 e. The predicted octanol–water partition coefficient (Wildman–Crippen LogP) is 4.25. The molecule has 0 fully saturated rings. The van der Waals surface area contributed by atoms with Gasteiger partial charge in [-0.1, -0.05) is 44.1 Å². The Labute approximate surface area is 114 Å². The summed E-state index contributed by atoms with van der Waals surface area (Å²) in [5, 5.41) is 0. The molecule has 0 aromatic heterocycles. The molecule has 0 amide bonds. The van der Waals surface area contributed by atoms with E-state index < -0.39 is 0 Å². The molecule has 0 aliphatic heterocycles. The van der Waals surface area contributed by atoms with Crippen molar-refractivity contribution in [3.05, 3.63) is 48.8 Å². The van der Waals surface area contributed by atoms with Gasteiger partial charge < -0.3 is 9.47 Å². The lowest BCUT2D eigenvalue weighted by atomic mass is 10.2. The number of rotatable bonds is 7. The number of carbonyl (C=O) groups excluding carboxylic acids is 1. The molecule has 0 radical (unpaired) electrons. The van der Waals surface area contributed by atoms with Gasteiger partial charge in [0.05, 0.1) is 6.26 Å². The second kappa shape index (κ2) is 8.97. The van der Waals surface area contributed by atoms with E-state index in [4.69, 9.17) is 9.47 Å². The minimum Gasteiger partial charge on any atom is -0.461 e. The molecule has 0 spiro atoms. The summed E-state index contributed by atoms with van der Waals surface area (Å²) in [6, 6.07) is 7.07. The smallest absolute Gasteiger partial charge is 0.308 e. The second-order valence-electron chi connectivity index (χ2n) is 4.06. The fourth-order valence-electron chi connectivity index (χ4n) is 1.44. The van der Waals surface area contributed by atoms with Gasteiger partial charge in [0, 0.05) is 6.92 Å². The van der Waals surface area contributed by atoms with Crippen molar-refractivity contribution in [2.75, 3.05) is 0 Å². The normalized spacial score (nSPS) is 11.1. The van der Waals surface area contributed by atoms with Crippen molar-refractivity contribution >= 4 is 5.97 Å². The maximum absolute atomic E-state index is 10.9. The van der Waals surface area contributed by atoms with Gasteiger partial charge in [0.25, 0.3) is 0 Å². The number of unbranched alkanes of at least 4 members (excludes halogenated alkanes) is 2. The zero-order valence-corrected chi connectivity index (χ0v) is 11.5. The highest BCUT2D eigenvalue weighted by Crippen LogP contribution is 2.26. The molecule has 1 aromatic rings. The van der Waals surface area contributed by atoms with Crippen LogP contribution in [0, 0.1) is 0 Å². The first kappa shape index (κ1) is 15.0. The van der Waals surface area contributed by atoms with Crippen LogP contribution in [0.4, 0.5) is 0 Å². The second-order valence-corrected chi connectivity index (χ2v) is 4.06. The molecule has 3 nitrogen and oxygen atoms in total. The molecule has 0 bridgehead atoms. The molecule has 1 rings (SSSR count). The van der Waals surface area contributed by atoms with E-state index in [1.807, 2.05) is 18.2 Å². The zero-order valence-electron chi connectivity index (χ0n) is 11.5. The van der Waals surface area contributed by atoms with E-state index in [0.717, 1.165) is 6.42 Å². The molecule has 19 heavy (non-hydrogen) atoms. The summed E-state index contributed by atoms with van der Waals surface area (Å²) < 4.78 is 10.5. The van der Waals surface area contributed by atoms with E-state index in [1.54, 1.807) is 24.5 Å². The fourth-order valence-corrected chi connectivity index (χ4v) is 1.44. The number of carbonyl (C=O) groups is 1. The van der Waals surface area contributed by atoms with Crippen molar-refractivity contribution in [1.29, 1.82) is 0 Å². The lowest BCUT2D eigenvalue weighted by molar-refractivity contribution is -0.131. The van der Waals surface area contributed by atoms with E-state index in [9.17, 15) is 4.79 Å². The van der Waals surface area contributed by atoms with Crippen LogP contribution in [0.1, 0.15) is 33.1 Å². The summed E-state index contributed by atoms with van der Waals surface area (Å²) in [6.07, 6.45) is 10.9. The van der Waals surface area contributed by atoms with E-state index in [2.05, 4.69) is 13.0 Å². The monoisotopic (exact) mass is 260 g/mol. The van der Waals surface area contributed by atoms with Gasteiger partial charge in [0.15, 0.2) is 11.5 Å². The molecule has 0 aliphatic carbocycles. The Kier molecular flexibility index (Phi) is 7.10. The molecular weight excluding hydrogens is 240 g/mol. The zero-order chi connectivity index (χ0) is 13.9. The lowest BCUT2D eigenvalue weighted by Gasteiger charge is -2.06. The summed E-state index contributed by atoms with van der Waals surface area (Å²) in [5.41, 5.74) is 0. The van der Waals surface area contributed by atoms with Crippen molar-refractivity contribution < 1.29 is 14.3 Å². The first-order valence-electron chi connectivity index (χ1n) is 6.49. The maximum atomic E-state index is 10.9. The van der Waals surface area contributed by atoms with Gasteiger partial charge in [-0.25, -0.2) is 0 Å². The minimum atomic E-state index is -0.362. The average Bonchev–Trinajstić information content (AvgIpc) is 2.39. The van der Waals surface area contributed by atoms with Crippen molar-refractivity contribution in [2.24, 2.45) is 0 Å². The van der Waals surface area contributed by atoms with Crippen molar-refractivity contribution in [1.82, 2.24) is 0 Å². The topological polar surface area (TPSA) is 35.5 Å². The van der Waals surface area contributed by atoms with Crippen LogP contribution >= 0.6 is 0 Å². The third-order valence-electron chi connectivity index (χ3n) is 2.35. The van der Waals surface area contributed by atoms with Crippen molar-refractivity contribution in [3.63, 3.8) is 0 Å². The van der Waals surface area contributed by atoms with Crippen LogP contribution in [0.15, 0.2) is 48.8 Å².